The van der Waals surface area contributed by atoms with Crippen molar-refractivity contribution in [2.45, 2.75) is 19.1 Å². The van der Waals surface area contributed by atoms with Crippen LogP contribution in [0.1, 0.15) is 45.5 Å². The Kier molecular flexibility index (Phi) is 8.11. The van der Waals surface area contributed by atoms with Crippen LogP contribution in [0.2, 0.25) is 0 Å². The quantitative estimate of drug-likeness (QED) is 0.434. The van der Waals surface area contributed by atoms with Gasteiger partial charge in [0.1, 0.15) is 21.7 Å². The zero-order chi connectivity index (χ0) is 27.4. The topological polar surface area (TPSA) is 119 Å². The standard InChI is InChI=1S/C28H28N2O7S/c1-5-36-27(32)23-21(29)20(15-16-7-11-18(34-3)12-8-16)22-25(28(33)37-6-2)38-24(26(31)30(22)23)17-9-13-19(35-4)14-10-17/h7-15,24H,5-6,29H2,1-4H3/b20-15+/t24-/m1/s1. The Hall–Kier alpha value is -4.18. The molecule has 3 aromatic rings. The minimum atomic E-state index is -0.846. The lowest BCUT2D eigenvalue weighted by molar-refractivity contribution is -0.135. The monoisotopic (exact) mass is 536 g/mol. The van der Waals surface area contributed by atoms with Crippen molar-refractivity contribution in [3.05, 3.63) is 75.9 Å². The number of hydrogen-bond acceptors (Lipinski definition) is 9. The van der Waals surface area contributed by atoms with Crippen molar-refractivity contribution in [1.82, 2.24) is 4.57 Å². The van der Waals surface area contributed by atoms with Gasteiger partial charge in [0.05, 0.1) is 38.5 Å². The molecule has 9 nitrogen and oxygen atoms in total. The summed E-state index contributed by atoms with van der Waals surface area (Å²) >= 11 is 1.06. The second-order valence-electron chi connectivity index (χ2n) is 8.16. The number of anilines is 1. The van der Waals surface area contributed by atoms with Gasteiger partial charge in [0.25, 0.3) is 0 Å². The number of aromatic nitrogens is 1. The predicted molar refractivity (Wildman–Crippen MR) is 145 cm³/mol. The number of carbonyl (C=O) groups excluding carboxylic acids is 3. The van der Waals surface area contributed by atoms with Gasteiger partial charge in [-0.15, -0.1) is 0 Å². The molecule has 2 N–H and O–H groups in total. The number of methoxy groups -OCH3 is 2. The van der Waals surface area contributed by atoms with E-state index in [1.807, 2.05) is 0 Å². The van der Waals surface area contributed by atoms with Gasteiger partial charge in [0.2, 0.25) is 5.91 Å². The summed E-state index contributed by atoms with van der Waals surface area (Å²) in [6, 6.07) is 14.1. The van der Waals surface area contributed by atoms with Gasteiger partial charge in [0.15, 0.2) is 5.69 Å². The lowest BCUT2D eigenvalue weighted by Gasteiger charge is -2.23. The summed E-state index contributed by atoms with van der Waals surface area (Å²) < 4.78 is 22.3. The van der Waals surface area contributed by atoms with Gasteiger partial charge in [-0.05, 0) is 55.3 Å². The Labute approximate surface area is 223 Å². The number of benzene rings is 2. The number of nitrogens with zero attached hydrogens (tertiary/aromatic N) is 1. The minimum absolute atomic E-state index is 0.0281. The van der Waals surface area contributed by atoms with E-state index in [2.05, 4.69) is 0 Å². The first-order chi connectivity index (χ1) is 18.3. The molecule has 1 atom stereocenters. The highest BCUT2D eigenvalue weighted by molar-refractivity contribution is 8.10. The molecule has 2 heterocycles. The maximum Gasteiger partial charge on any atom is 0.357 e. The van der Waals surface area contributed by atoms with Crippen molar-refractivity contribution in [3.8, 4) is 11.5 Å². The molecule has 1 aliphatic rings. The number of fused-ring (bicyclic) bond motifs is 1. The molecular formula is C28H28N2O7S. The summed E-state index contributed by atoms with van der Waals surface area (Å²) in [5.41, 5.74) is 7.76. The zero-order valence-corrected chi connectivity index (χ0v) is 22.3. The van der Waals surface area contributed by atoms with E-state index in [-0.39, 0.29) is 34.8 Å². The molecule has 1 aromatic heterocycles. The van der Waals surface area contributed by atoms with Crippen LogP contribution in [0, 0.1) is 0 Å². The van der Waals surface area contributed by atoms with Crippen LogP contribution < -0.4 is 25.8 Å². The van der Waals surface area contributed by atoms with Crippen LogP contribution in [-0.4, -0.2) is 49.8 Å². The molecule has 0 saturated carbocycles. The maximum atomic E-state index is 14.0. The molecular weight excluding hydrogens is 508 g/mol. The van der Waals surface area contributed by atoms with Gasteiger partial charge in [-0.25, -0.2) is 9.59 Å². The summed E-state index contributed by atoms with van der Waals surface area (Å²) in [6.07, 6.45) is 1.71. The fourth-order valence-electron chi connectivity index (χ4n) is 4.14. The van der Waals surface area contributed by atoms with Crippen molar-refractivity contribution < 1.29 is 33.3 Å². The molecule has 0 aliphatic carbocycles. The summed E-state index contributed by atoms with van der Waals surface area (Å²) in [4.78, 5) is 40.5. The van der Waals surface area contributed by atoms with E-state index >= 15 is 0 Å². The zero-order valence-electron chi connectivity index (χ0n) is 21.5. The Morgan fingerprint density at radius 1 is 0.921 bits per heavy atom. The van der Waals surface area contributed by atoms with Gasteiger partial charge in [0, 0.05) is 5.22 Å². The van der Waals surface area contributed by atoms with Crippen LogP contribution in [0.4, 0.5) is 5.69 Å². The molecule has 2 aromatic carbocycles. The van der Waals surface area contributed by atoms with E-state index in [0.717, 1.165) is 17.3 Å². The Balaban J connectivity index is 2.04. The van der Waals surface area contributed by atoms with E-state index in [1.54, 1.807) is 82.7 Å². The van der Waals surface area contributed by atoms with E-state index in [1.165, 1.54) is 4.57 Å². The highest BCUT2D eigenvalue weighted by Crippen LogP contribution is 2.40. The lowest BCUT2D eigenvalue weighted by Crippen LogP contribution is -2.42. The van der Waals surface area contributed by atoms with Crippen molar-refractivity contribution in [2.24, 2.45) is 0 Å². The molecule has 38 heavy (non-hydrogen) atoms. The number of nitrogens with two attached hydrogens (primary N) is 1. The highest BCUT2D eigenvalue weighted by Gasteiger charge is 2.38. The second-order valence-corrected chi connectivity index (χ2v) is 9.27. The summed E-state index contributed by atoms with van der Waals surface area (Å²) in [6.45, 7) is 3.56. The van der Waals surface area contributed by atoms with Crippen LogP contribution in [0.15, 0.2) is 48.5 Å². The van der Waals surface area contributed by atoms with Gasteiger partial charge >= 0.3 is 11.9 Å². The number of thioether (sulfide) groups is 1. The third kappa shape index (κ3) is 4.99. The average molecular weight is 537 g/mol. The van der Waals surface area contributed by atoms with Crippen LogP contribution in [0.5, 0.6) is 11.5 Å². The number of nitrogen functional groups attached to an aromatic ring is 1. The predicted octanol–water partition coefficient (Wildman–Crippen LogP) is 2.89. The molecule has 0 unspecified atom stereocenters. The number of carbonyl (C=O) groups is 3. The SMILES string of the molecule is CCOC(=O)C1=c2/c(=C/c3ccc(OC)cc3)c(N)c(C(=O)OCC)n2C(=O)[C@@H](c2ccc(OC)cc2)S1. The van der Waals surface area contributed by atoms with Crippen molar-refractivity contribution in [3.63, 3.8) is 0 Å². The molecule has 4 rings (SSSR count). The Morgan fingerprint density at radius 2 is 1.47 bits per heavy atom. The summed E-state index contributed by atoms with van der Waals surface area (Å²) in [5.74, 6) is -0.550. The van der Waals surface area contributed by atoms with Gasteiger partial charge in [-0.1, -0.05) is 36.0 Å². The van der Waals surface area contributed by atoms with Crippen molar-refractivity contribution in [1.29, 1.82) is 0 Å². The Bertz CT molecular complexity index is 1490. The minimum Gasteiger partial charge on any atom is -0.497 e. The third-order valence-electron chi connectivity index (χ3n) is 5.92. The first kappa shape index (κ1) is 26.9. The second kappa shape index (κ2) is 11.5. The average Bonchev–Trinajstić information content (AvgIpc) is 3.22. The molecule has 0 saturated heterocycles. The number of hydrogen-bond donors (Lipinski definition) is 1. The molecule has 0 amide bonds. The van der Waals surface area contributed by atoms with Crippen LogP contribution >= 0.6 is 11.8 Å². The van der Waals surface area contributed by atoms with Gasteiger partial charge in [-0.2, -0.15) is 0 Å². The summed E-state index contributed by atoms with van der Waals surface area (Å²) in [7, 11) is 3.11. The maximum absolute atomic E-state index is 14.0. The van der Waals surface area contributed by atoms with Gasteiger partial charge in [-0.3, -0.25) is 9.36 Å². The van der Waals surface area contributed by atoms with Gasteiger partial charge < -0.3 is 24.7 Å². The molecule has 0 radical (unpaired) electrons. The van der Waals surface area contributed by atoms with E-state index in [9.17, 15) is 14.4 Å². The normalized spacial score (nSPS) is 15.2. The molecule has 0 bridgehead atoms. The number of esters is 2. The van der Waals surface area contributed by atoms with Crippen molar-refractivity contribution in [2.75, 3.05) is 33.2 Å². The summed E-state index contributed by atoms with van der Waals surface area (Å²) in [5, 5.41) is -0.309. The van der Waals surface area contributed by atoms with E-state index in [4.69, 9.17) is 24.7 Å². The smallest absolute Gasteiger partial charge is 0.357 e. The molecule has 0 fully saturated rings. The van der Waals surface area contributed by atoms with Crippen LogP contribution in [0.3, 0.4) is 0 Å². The lowest BCUT2D eigenvalue weighted by atomic mass is 10.1. The Morgan fingerprint density at radius 3 is 2.03 bits per heavy atom. The third-order valence-corrected chi connectivity index (χ3v) is 7.22. The molecule has 0 spiro atoms. The van der Waals surface area contributed by atoms with Crippen LogP contribution in [0.25, 0.3) is 11.0 Å². The molecule has 10 heteroatoms. The van der Waals surface area contributed by atoms with E-state index < -0.39 is 23.1 Å². The largest absolute Gasteiger partial charge is 0.497 e. The fraction of sp³-hybridized carbons (Fsp3) is 0.250. The first-order valence-electron chi connectivity index (χ1n) is 11.9. The van der Waals surface area contributed by atoms with Crippen LogP contribution in [-0.2, 0) is 14.3 Å². The van der Waals surface area contributed by atoms with E-state index in [0.29, 0.717) is 22.3 Å². The van der Waals surface area contributed by atoms with Crippen molar-refractivity contribution >= 4 is 46.3 Å². The molecule has 198 valence electrons. The fourth-order valence-corrected chi connectivity index (χ4v) is 5.34. The number of ether oxygens (including phenoxy) is 4. The first-order valence-corrected chi connectivity index (χ1v) is 12.8. The molecule has 1 aliphatic heterocycles. The highest BCUT2D eigenvalue weighted by atomic mass is 32.2. The number of rotatable bonds is 8.